The molecule has 0 unspecified atom stereocenters. The average Bonchev–Trinajstić information content (AvgIpc) is 1.88. The van der Waals surface area contributed by atoms with Gasteiger partial charge in [-0.1, -0.05) is 25.1 Å². The maximum absolute atomic E-state index is 3.73. The second-order valence-electron chi connectivity index (χ2n) is 2.32. The van der Waals surface area contributed by atoms with E-state index in [0.717, 1.165) is 0 Å². The SMILES string of the molecule is C=CC[SiH](CC)CC=C.F. The highest BCUT2D eigenvalue weighted by Crippen LogP contribution is 2.05. The molecule has 60 valence electrons. The molecule has 0 saturated heterocycles. The molecule has 0 amide bonds. The van der Waals surface area contributed by atoms with Crippen molar-refractivity contribution in [1.82, 2.24) is 0 Å². The molecule has 0 nitrogen and oxygen atoms in total. The molecular weight excluding hydrogens is 143 g/mol. The number of hydrogen-bond acceptors (Lipinski definition) is 0. The average molecular weight is 160 g/mol. The molecule has 0 aliphatic carbocycles. The predicted molar refractivity (Wildman–Crippen MR) is 50.1 cm³/mol. The quantitative estimate of drug-likeness (QED) is 0.428. The van der Waals surface area contributed by atoms with Crippen molar-refractivity contribution >= 4 is 8.80 Å². The maximum atomic E-state index is 3.73. The Bertz CT molecular complexity index is 81.3. The Kier molecular flexibility index (Phi) is 10.6. The number of hydrogen-bond donors (Lipinski definition) is 0. The van der Waals surface area contributed by atoms with Crippen LogP contribution in [0, 0.1) is 0 Å². The highest BCUT2D eigenvalue weighted by molar-refractivity contribution is 6.59. The van der Waals surface area contributed by atoms with Crippen molar-refractivity contribution in [1.29, 1.82) is 0 Å². The van der Waals surface area contributed by atoms with Gasteiger partial charge < -0.3 is 0 Å². The first-order valence-corrected chi connectivity index (χ1v) is 6.01. The first-order chi connectivity index (χ1) is 4.35. The number of rotatable bonds is 5. The van der Waals surface area contributed by atoms with E-state index in [-0.39, 0.29) is 4.70 Å². The molecule has 2 heteroatoms. The van der Waals surface area contributed by atoms with Crippen LogP contribution in [-0.4, -0.2) is 8.80 Å². The van der Waals surface area contributed by atoms with Gasteiger partial charge >= 0.3 is 0 Å². The second-order valence-corrected chi connectivity index (χ2v) is 5.81. The number of halogens is 1. The van der Waals surface area contributed by atoms with Crippen LogP contribution in [0.4, 0.5) is 4.70 Å². The summed E-state index contributed by atoms with van der Waals surface area (Å²) in [5.74, 6) is 0. The van der Waals surface area contributed by atoms with Gasteiger partial charge in [-0.15, -0.1) is 13.2 Å². The van der Waals surface area contributed by atoms with Crippen molar-refractivity contribution in [3.8, 4) is 0 Å². The molecule has 0 aromatic carbocycles. The van der Waals surface area contributed by atoms with Gasteiger partial charge in [-0.3, -0.25) is 4.70 Å². The van der Waals surface area contributed by atoms with Crippen molar-refractivity contribution in [3.05, 3.63) is 25.3 Å². The molecule has 0 aromatic heterocycles. The summed E-state index contributed by atoms with van der Waals surface area (Å²) in [5.41, 5.74) is 0. The van der Waals surface area contributed by atoms with Crippen LogP contribution in [0.3, 0.4) is 0 Å². The molecule has 0 fully saturated rings. The van der Waals surface area contributed by atoms with Crippen molar-refractivity contribution in [2.45, 2.75) is 25.1 Å². The third-order valence-corrected chi connectivity index (χ3v) is 4.73. The van der Waals surface area contributed by atoms with Crippen LogP contribution in [0.2, 0.25) is 18.1 Å². The first-order valence-electron chi connectivity index (χ1n) is 3.56. The van der Waals surface area contributed by atoms with Crippen molar-refractivity contribution in [3.63, 3.8) is 0 Å². The van der Waals surface area contributed by atoms with Crippen LogP contribution >= 0.6 is 0 Å². The van der Waals surface area contributed by atoms with E-state index in [9.17, 15) is 0 Å². The summed E-state index contributed by atoms with van der Waals surface area (Å²) in [6.45, 7) is 9.73. The predicted octanol–water partition coefficient (Wildman–Crippen LogP) is 2.76. The monoisotopic (exact) mass is 160 g/mol. The van der Waals surface area contributed by atoms with Gasteiger partial charge in [0.1, 0.15) is 0 Å². The highest BCUT2D eigenvalue weighted by atomic mass is 28.3. The minimum absolute atomic E-state index is 0. The molecule has 0 bridgehead atoms. The minimum atomic E-state index is -0.449. The van der Waals surface area contributed by atoms with Gasteiger partial charge in [0.25, 0.3) is 0 Å². The fraction of sp³-hybridized carbons (Fsp3) is 0.500. The van der Waals surface area contributed by atoms with Gasteiger partial charge in [0.05, 0.1) is 0 Å². The molecular formula is C8H17FSi. The highest BCUT2D eigenvalue weighted by Gasteiger charge is 2.01. The van der Waals surface area contributed by atoms with Crippen molar-refractivity contribution < 1.29 is 4.70 Å². The van der Waals surface area contributed by atoms with Crippen molar-refractivity contribution in [2.75, 3.05) is 0 Å². The molecule has 10 heavy (non-hydrogen) atoms. The van der Waals surface area contributed by atoms with E-state index in [0.29, 0.717) is 0 Å². The van der Waals surface area contributed by atoms with Gasteiger partial charge in [0.2, 0.25) is 0 Å². The Hall–Kier alpha value is -0.373. The fourth-order valence-electron chi connectivity index (χ4n) is 0.901. The number of allylic oxidation sites excluding steroid dienone is 2. The van der Waals surface area contributed by atoms with E-state index in [2.05, 4.69) is 20.1 Å². The van der Waals surface area contributed by atoms with Crippen LogP contribution < -0.4 is 0 Å². The normalized spacial score (nSPS) is 8.60. The van der Waals surface area contributed by atoms with E-state index < -0.39 is 8.80 Å². The minimum Gasteiger partial charge on any atom is -0.269 e. The Morgan fingerprint density at radius 1 is 1.20 bits per heavy atom. The maximum Gasteiger partial charge on any atom is 0.0440 e. The van der Waals surface area contributed by atoms with Gasteiger partial charge in [-0.25, -0.2) is 0 Å². The summed E-state index contributed by atoms with van der Waals surface area (Å²) in [4.78, 5) is 0. The van der Waals surface area contributed by atoms with E-state index >= 15 is 0 Å². The molecule has 0 aliphatic heterocycles. The Morgan fingerprint density at radius 2 is 1.60 bits per heavy atom. The van der Waals surface area contributed by atoms with Gasteiger partial charge in [0, 0.05) is 8.80 Å². The zero-order valence-corrected chi connectivity index (χ0v) is 7.83. The Labute approximate surface area is 64.6 Å². The summed E-state index contributed by atoms with van der Waals surface area (Å²) in [5, 5.41) is 0. The van der Waals surface area contributed by atoms with Crippen LogP contribution in [0.15, 0.2) is 25.3 Å². The van der Waals surface area contributed by atoms with Gasteiger partial charge in [0.15, 0.2) is 0 Å². The van der Waals surface area contributed by atoms with E-state index in [1.54, 1.807) is 0 Å². The summed E-state index contributed by atoms with van der Waals surface area (Å²) in [6.07, 6.45) is 4.09. The molecule has 0 aliphatic rings. The van der Waals surface area contributed by atoms with Crippen LogP contribution in [0.1, 0.15) is 6.92 Å². The Morgan fingerprint density at radius 3 is 1.80 bits per heavy atom. The first kappa shape index (κ1) is 12.3. The van der Waals surface area contributed by atoms with Crippen molar-refractivity contribution in [2.24, 2.45) is 0 Å². The molecule has 0 heterocycles. The lowest BCUT2D eigenvalue weighted by atomic mass is 10.7. The lowest BCUT2D eigenvalue weighted by molar-refractivity contribution is 1.11. The summed E-state index contributed by atoms with van der Waals surface area (Å²) in [6, 6.07) is 3.91. The summed E-state index contributed by atoms with van der Waals surface area (Å²) < 4.78 is 0. The molecule has 0 rings (SSSR count). The van der Waals surface area contributed by atoms with Gasteiger partial charge in [-0.2, -0.15) is 0 Å². The van der Waals surface area contributed by atoms with Crippen LogP contribution in [0.25, 0.3) is 0 Å². The molecule has 0 spiro atoms. The zero-order chi connectivity index (χ0) is 7.11. The molecule has 0 aromatic rings. The van der Waals surface area contributed by atoms with E-state index in [1.807, 2.05) is 12.2 Å². The van der Waals surface area contributed by atoms with E-state index in [1.165, 1.54) is 18.1 Å². The largest absolute Gasteiger partial charge is 0.269 e. The van der Waals surface area contributed by atoms with Crippen LogP contribution in [0.5, 0.6) is 0 Å². The third-order valence-electron chi connectivity index (χ3n) is 1.58. The lowest BCUT2D eigenvalue weighted by Crippen LogP contribution is -2.06. The third kappa shape index (κ3) is 5.76. The molecule has 0 radical (unpaired) electrons. The molecule has 0 atom stereocenters. The second kappa shape index (κ2) is 8.63. The standard InChI is InChI=1S/C8H16Si.FH/c1-4-7-9(6-3)8-5-2;/h4-5,9H,1-2,6-8H2,3H3;1H. The lowest BCUT2D eigenvalue weighted by Gasteiger charge is -2.05. The van der Waals surface area contributed by atoms with Crippen LogP contribution in [-0.2, 0) is 0 Å². The Balaban J connectivity index is 0. The topological polar surface area (TPSA) is 0 Å². The smallest absolute Gasteiger partial charge is 0.0440 e. The van der Waals surface area contributed by atoms with Gasteiger partial charge in [-0.05, 0) is 12.1 Å². The fourth-order valence-corrected chi connectivity index (χ4v) is 2.70. The summed E-state index contributed by atoms with van der Waals surface area (Å²) >= 11 is 0. The van der Waals surface area contributed by atoms with E-state index in [4.69, 9.17) is 0 Å². The molecule has 0 saturated carbocycles. The summed E-state index contributed by atoms with van der Waals surface area (Å²) in [7, 11) is -0.449. The molecule has 0 N–H and O–H groups in total. The zero-order valence-electron chi connectivity index (χ0n) is 6.68.